The lowest BCUT2D eigenvalue weighted by atomic mass is 9.96. The Bertz CT molecular complexity index is 1040. The summed E-state index contributed by atoms with van der Waals surface area (Å²) in [4.78, 5) is 26.7. The summed E-state index contributed by atoms with van der Waals surface area (Å²) in [6.45, 7) is 0.917. The molecule has 162 valence electrons. The van der Waals surface area contributed by atoms with E-state index in [4.69, 9.17) is 0 Å². The Hall–Kier alpha value is -3.01. The summed E-state index contributed by atoms with van der Waals surface area (Å²) in [5.41, 5.74) is 0.986. The molecule has 3 aromatic heterocycles. The van der Waals surface area contributed by atoms with E-state index < -0.39 is 17.7 Å². The van der Waals surface area contributed by atoms with Crippen LogP contribution in [0.15, 0.2) is 48.2 Å². The van der Waals surface area contributed by atoms with E-state index in [1.54, 1.807) is 17.3 Å². The summed E-state index contributed by atoms with van der Waals surface area (Å²) in [5, 5.41) is 5.55. The number of nitrogens with zero attached hydrogens (tertiary/aromatic N) is 4. The number of amides is 1. The highest BCUT2D eigenvalue weighted by Crippen LogP contribution is 2.36. The van der Waals surface area contributed by atoms with E-state index >= 15 is 0 Å². The fourth-order valence-electron chi connectivity index (χ4n) is 3.61. The molecule has 0 aliphatic carbocycles. The third-order valence-electron chi connectivity index (χ3n) is 5.13. The molecule has 0 spiro atoms. The highest BCUT2D eigenvalue weighted by atomic mass is 32.1. The average Bonchev–Trinajstić information content (AvgIpc) is 3.27. The smallest absolute Gasteiger partial charge is 0.355 e. The van der Waals surface area contributed by atoms with Crippen molar-refractivity contribution in [2.24, 2.45) is 5.92 Å². The average molecular weight is 447 g/mol. The molecule has 1 amide bonds. The Balaban J connectivity index is 1.38. The van der Waals surface area contributed by atoms with E-state index in [9.17, 15) is 18.0 Å². The highest BCUT2D eigenvalue weighted by Gasteiger charge is 2.37. The van der Waals surface area contributed by atoms with Gasteiger partial charge in [-0.1, -0.05) is 0 Å². The fraction of sp³-hybridized carbons (Fsp3) is 0.333. The zero-order valence-electron chi connectivity index (χ0n) is 16.5. The van der Waals surface area contributed by atoms with Gasteiger partial charge in [-0.15, -0.1) is 11.3 Å². The Morgan fingerprint density at radius 1 is 1.23 bits per heavy atom. The number of carbonyl (C=O) groups is 1. The second-order valence-electron chi connectivity index (χ2n) is 7.24. The number of carbonyl (C=O) groups excluding carboxylic acids is 1. The van der Waals surface area contributed by atoms with Gasteiger partial charge in [0.05, 0.1) is 23.7 Å². The van der Waals surface area contributed by atoms with Gasteiger partial charge in [-0.3, -0.25) is 9.78 Å². The predicted molar refractivity (Wildman–Crippen MR) is 111 cm³/mol. The van der Waals surface area contributed by atoms with Crippen LogP contribution in [-0.2, 0) is 17.5 Å². The third kappa shape index (κ3) is 5.01. The van der Waals surface area contributed by atoms with Gasteiger partial charge in [-0.2, -0.15) is 13.2 Å². The quantitative estimate of drug-likeness (QED) is 0.636. The molecule has 1 aliphatic heterocycles. The fourth-order valence-corrected chi connectivity index (χ4v) is 4.35. The first-order valence-electron chi connectivity index (χ1n) is 9.81. The Labute approximate surface area is 181 Å². The maximum Gasteiger partial charge on any atom is 0.419 e. The molecule has 0 bridgehead atoms. The monoisotopic (exact) mass is 447 g/mol. The molecule has 10 heteroatoms. The molecule has 0 aromatic carbocycles. The maximum absolute atomic E-state index is 13.3. The topological polar surface area (TPSA) is 71.0 Å². The predicted octanol–water partition coefficient (Wildman–Crippen LogP) is 4.15. The number of halogens is 3. The zero-order chi connectivity index (χ0) is 21.8. The number of rotatable bonds is 5. The summed E-state index contributed by atoms with van der Waals surface area (Å²) in [7, 11) is 0. The molecule has 4 rings (SSSR count). The van der Waals surface area contributed by atoms with E-state index in [1.807, 2.05) is 17.5 Å². The van der Waals surface area contributed by atoms with Gasteiger partial charge >= 0.3 is 6.18 Å². The molecule has 31 heavy (non-hydrogen) atoms. The lowest BCUT2D eigenvalue weighted by Crippen LogP contribution is -2.43. The van der Waals surface area contributed by atoms with Crippen molar-refractivity contribution in [2.75, 3.05) is 18.0 Å². The molecule has 0 radical (unpaired) electrons. The van der Waals surface area contributed by atoms with E-state index in [0.717, 1.165) is 22.3 Å². The van der Waals surface area contributed by atoms with Crippen molar-refractivity contribution < 1.29 is 18.0 Å². The molecule has 1 aliphatic rings. The number of anilines is 1. The van der Waals surface area contributed by atoms with Crippen LogP contribution in [0.2, 0.25) is 0 Å². The molecule has 1 saturated heterocycles. The van der Waals surface area contributed by atoms with Crippen LogP contribution in [0.5, 0.6) is 0 Å². The minimum atomic E-state index is -4.49. The summed E-state index contributed by atoms with van der Waals surface area (Å²) in [5.74, 6) is -0.708. The first-order chi connectivity index (χ1) is 14.9. The number of hydrogen-bond donors (Lipinski definition) is 1. The number of alkyl halides is 3. The van der Waals surface area contributed by atoms with E-state index in [2.05, 4.69) is 20.3 Å². The van der Waals surface area contributed by atoms with Gasteiger partial charge in [0.15, 0.2) is 0 Å². The normalized spacial score (nSPS) is 16.9. The van der Waals surface area contributed by atoms with Crippen LogP contribution in [0, 0.1) is 5.92 Å². The number of thiazole rings is 1. The molecule has 3 aromatic rings. The summed E-state index contributed by atoms with van der Waals surface area (Å²) in [6.07, 6.45) is 1.48. The van der Waals surface area contributed by atoms with Crippen molar-refractivity contribution in [2.45, 2.75) is 25.6 Å². The van der Waals surface area contributed by atoms with E-state index in [1.165, 1.54) is 23.6 Å². The molecule has 6 nitrogen and oxygen atoms in total. The van der Waals surface area contributed by atoms with Gasteiger partial charge in [0.25, 0.3) is 0 Å². The van der Waals surface area contributed by atoms with Gasteiger partial charge in [0.2, 0.25) is 5.91 Å². The molecule has 4 heterocycles. The zero-order valence-corrected chi connectivity index (χ0v) is 17.3. The molecule has 0 saturated carbocycles. The second-order valence-corrected chi connectivity index (χ2v) is 8.18. The van der Waals surface area contributed by atoms with Gasteiger partial charge in [-0.05, 0) is 37.1 Å². The first kappa shape index (κ1) is 21.2. The molecule has 1 atom stereocenters. The molecule has 1 N–H and O–H groups in total. The summed E-state index contributed by atoms with van der Waals surface area (Å²) >= 11 is 1.44. The van der Waals surface area contributed by atoms with Crippen LogP contribution in [-0.4, -0.2) is 33.9 Å². The highest BCUT2D eigenvalue weighted by molar-refractivity contribution is 7.09. The number of nitrogens with one attached hydrogen (secondary N) is 1. The van der Waals surface area contributed by atoms with Crippen molar-refractivity contribution >= 4 is 23.1 Å². The number of aromatic nitrogens is 3. The van der Waals surface area contributed by atoms with Crippen LogP contribution in [0.25, 0.3) is 11.3 Å². The van der Waals surface area contributed by atoms with E-state index in [0.29, 0.717) is 19.4 Å². The number of hydrogen-bond acceptors (Lipinski definition) is 6. The summed E-state index contributed by atoms with van der Waals surface area (Å²) < 4.78 is 40.0. The van der Waals surface area contributed by atoms with Crippen molar-refractivity contribution in [3.05, 3.63) is 58.8 Å². The van der Waals surface area contributed by atoms with Crippen LogP contribution in [0.3, 0.4) is 0 Å². The van der Waals surface area contributed by atoms with Crippen LogP contribution >= 0.6 is 11.3 Å². The van der Waals surface area contributed by atoms with Crippen molar-refractivity contribution in [1.82, 2.24) is 20.3 Å². The lowest BCUT2D eigenvalue weighted by Gasteiger charge is -2.34. The van der Waals surface area contributed by atoms with Gasteiger partial charge < -0.3 is 10.2 Å². The van der Waals surface area contributed by atoms with Crippen molar-refractivity contribution in [3.8, 4) is 11.3 Å². The molecular weight excluding hydrogens is 427 g/mol. The Morgan fingerprint density at radius 2 is 2.03 bits per heavy atom. The van der Waals surface area contributed by atoms with Gasteiger partial charge in [0, 0.05) is 42.6 Å². The first-order valence-corrected chi connectivity index (χ1v) is 10.7. The number of pyridine rings is 2. The minimum absolute atomic E-state index is 0.116. The van der Waals surface area contributed by atoms with Gasteiger partial charge in [0.1, 0.15) is 10.8 Å². The Morgan fingerprint density at radius 3 is 2.81 bits per heavy atom. The van der Waals surface area contributed by atoms with Gasteiger partial charge in [-0.25, -0.2) is 9.97 Å². The maximum atomic E-state index is 13.3. The molecule has 1 fully saturated rings. The SMILES string of the molecule is O=C(NCc1nc(-c2ccncc2)cs1)C1CCCN(c2ncccc2C(F)(F)F)C1. The van der Waals surface area contributed by atoms with Crippen LogP contribution in [0.1, 0.15) is 23.4 Å². The van der Waals surface area contributed by atoms with Crippen LogP contribution < -0.4 is 10.2 Å². The van der Waals surface area contributed by atoms with Crippen LogP contribution in [0.4, 0.5) is 19.0 Å². The van der Waals surface area contributed by atoms with Crippen molar-refractivity contribution in [3.63, 3.8) is 0 Å². The standard InChI is InChI=1S/C21H20F3N5OS/c22-21(23,24)16-4-1-7-26-19(16)29-10-2-3-15(12-29)20(30)27-11-18-28-17(13-31-18)14-5-8-25-9-6-14/h1,4-9,13,15H,2-3,10-12H2,(H,27,30). The van der Waals surface area contributed by atoms with E-state index in [-0.39, 0.29) is 24.8 Å². The molecular formula is C21H20F3N5OS. The molecule has 1 unspecified atom stereocenters. The second kappa shape index (κ2) is 9.01. The minimum Gasteiger partial charge on any atom is -0.355 e. The lowest BCUT2D eigenvalue weighted by molar-refractivity contribution is -0.137. The Kier molecular flexibility index (Phi) is 6.17. The number of piperidine rings is 1. The summed E-state index contributed by atoms with van der Waals surface area (Å²) in [6, 6.07) is 6.02. The largest absolute Gasteiger partial charge is 0.419 e. The third-order valence-corrected chi connectivity index (χ3v) is 5.97. The van der Waals surface area contributed by atoms with Crippen molar-refractivity contribution in [1.29, 1.82) is 0 Å².